The number of carbonyl (C=O) groups is 4. The monoisotopic (exact) mass is 1420 g/mol. The zero-order chi connectivity index (χ0) is 71.2. The van der Waals surface area contributed by atoms with E-state index < -0.39 is 97.5 Å². The van der Waals surface area contributed by atoms with Crippen LogP contribution in [-0.4, -0.2) is 96.7 Å². The number of phosphoric ester groups is 2. The standard InChI is InChI=1S/C78H152O17P2/c1-6-9-12-15-18-21-24-27-29-30-31-32-33-34-36-38-41-44-47-54-59-64-78(83)94-73(67-88-75(80)61-56-51-45-42-40-37-35-28-25-22-19-16-13-10-7-2)69-92-96(84,85)90-65-72(79)66-91-97(86,87)93-70-74(68-89-76(81)62-57-52-49-48-50-55-60-71(4)5)95-77(82)63-58-53-46-43-39-26-23-20-17-14-11-8-3/h71-74,79H,6-70H2,1-5H3,(H,84,85)(H,86,87)/t72-,73-,74-/m1/s1. The number of aliphatic hydroxyl groups excluding tert-OH is 1. The Morgan fingerprint density at radius 1 is 0.278 bits per heavy atom. The SMILES string of the molecule is CCCCCCCCCCCCCCCCCCCCCCCC(=O)O[C@H](COC(=O)CCCCCCCCCCCCCCCCC)COP(=O)(O)OC[C@@H](O)COP(=O)(O)OC[C@@H](COC(=O)CCCCCCCCC(C)C)OC(=O)CCCCCCCCCCCCCC. The van der Waals surface area contributed by atoms with E-state index in [2.05, 4.69) is 34.6 Å². The van der Waals surface area contributed by atoms with Gasteiger partial charge in [0.05, 0.1) is 26.4 Å². The molecule has 0 radical (unpaired) electrons. The first-order valence-electron chi connectivity index (χ1n) is 40.6. The number of carbonyl (C=O) groups excluding carboxylic acids is 4. The van der Waals surface area contributed by atoms with Gasteiger partial charge in [0.25, 0.3) is 0 Å². The summed E-state index contributed by atoms with van der Waals surface area (Å²) >= 11 is 0. The van der Waals surface area contributed by atoms with E-state index >= 15 is 0 Å². The lowest BCUT2D eigenvalue weighted by Gasteiger charge is -2.21. The van der Waals surface area contributed by atoms with Crippen LogP contribution >= 0.6 is 15.6 Å². The molecule has 0 saturated carbocycles. The topological polar surface area (TPSA) is 237 Å². The van der Waals surface area contributed by atoms with Gasteiger partial charge < -0.3 is 33.8 Å². The largest absolute Gasteiger partial charge is 0.472 e. The fraction of sp³-hybridized carbons (Fsp3) is 0.949. The van der Waals surface area contributed by atoms with E-state index in [-0.39, 0.29) is 25.7 Å². The molecule has 5 atom stereocenters. The van der Waals surface area contributed by atoms with Crippen LogP contribution in [0.25, 0.3) is 0 Å². The highest BCUT2D eigenvalue weighted by Gasteiger charge is 2.30. The summed E-state index contributed by atoms with van der Waals surface area (Å²) in [6.07, 6.45) is 61.3. The molecule has 0 aromatic heterocycles. The number of unbranched alkanes of at least 4 members (excludes halogenated alkanes) is 50. The van der Waals surface area contributed by atoms with Crippen LogP contribution in [0.15, 0.2) is 0 Å². The molecule has 17 nitrogen and oxygen atoms in total. The number of phosphoric acid groups is 2. The Bertz CT molecular complexity index is 1860. The number of ether oxygens (including phenoxy) is 4. The predicted molar refractivity (Wildman–Crippen MR) is 395 cm³/mol. The Balaban J connectivity index is 5.19. The molecule has 0 bridgehead atoms. The maximum Gasteiger partial charge on any atom is 0.472 e. The van der Waals surface area contributed by atoms with Crippen molar-refractivity contribution in [1.29, 1.82) is 0 Å². The highest BCUT2D eigenvalue weighted by molar-refractivity contribution is 7.47. The van der Waals surface area contributed by atoms with Gasteiger partial charge in [0.15, 0.2) is 12.2 Å². The van der Waals surface area contributed by atoms with Gasteiger partial charge in [0.2, 0.25) is 0 Å². The fourth-order valence-corrected chi connectivity index (χ4v) is 13.6. The minimum Gasteiger partial charge on any atom is -0.462 e. The molecule has 3 N–H and O–H groups in total. The Labute approximate surface area is 594 Å². The second kappa shape index (κ2) is 71.1. The number of hydrogen-bond donors (Lipinski definition) is 3. The second-order valence-corrected chi connectivity index (χ2v) is 31.5. The Hall–Kier alpha value is -1.94. The predicted octanol–water partition coefficient (Wildman–Crippen LogP) is 23.3. The van der Waals surface area contributed by atoms with Crippen LogP contribution in [0.2, 0.25) is 0 Å². The zero-order valence-electron chi connectivity index (χ0n) is 63.2. The molecule has 0 aromatic carbocycles. The summed E-state index contributed by atoms with van der Waals surface area (Å²) in [5, 5.41) is 10.6. The molecule has 19 heteroatoms. The highest BCUT2D eigenvalue weighted by atomic mass is 31.2. The van der Waals surface area contributed by atoms with E-state index in [9.17, 15) is 43.2 Å². The summed E-state index contributed by atoms with van der Waals surface area (Å²) in [4.78, 5) is 72.8. The molecular formula is C78H152O17P2. The van der Waals surface area contributed by atoms with Gasteiger partial charge in [-0.05, 0) is 31.6 Å². The summed E-state index contributed by atoms with van der Waals surface area (Å²) in [5.74, 6) is -1.43. The van der Waals surface area contributed by atoms with Crippen molar-refractivity contribution < 1.29 is 80.2 Å². The maximum absolute atomic E-state index is 13.1. The van der Waals surface area contributed by atoms with Crippen LogP contribution in [0.5, 0.6) is 0 Å². The number of rotatable bonds is 78. The molecule has 0 amide bonds. The average molecular weight is 1420 g/mol. The van der Waals surface area contributed by atoms with Gasteiger partial charge >= 0.3 is 39.5 Å². The van der Waals surface area contributed by atoms with Crippen molar-refractivity contribution in [3.63, 3.8) is 0 Å². The van der Waals surface area contributed by atoms with Gasteiger partial charge in [-0.3, -0.25) is 37.3 Å². The van der Waals surface area contributed by atoms with E-state index in [4.69, 9.17) is 37.0 Å². The van der Waals surface area contributed by atoms with E-state index in [0.29, 0.717) is 31.6 Å². The normalized spacial score (nSPS) is 13.9. The van der Waals surface area contributed by atoms with E-state index in [1.54, 1.807) is 0 Å². The van der Waals surface area contributed by atoms with E-state index in [1.165, 1.54) is 231 Å². The summed E-state index contributed by atoms with van der Waals surface area (Å²) < 4.78 is 68.5. The lowest BCUT2D eigenvalue weighted by Crippen LogP contribution is -2.30. The summed E-state index contributed by atoms with van der Waals surface area (Å²) in [6, 6.07) is 0. The lowest BCUT2D eigenvalue weighted by atomic mass is 10.0. The lowest BCUT2D eigenvalue weighted by molar-refractivity contribution is -0.161. The quantitative estimate of drug-likeness (QED) is 0.0222. The number of esters is 4. The van der Waals surface area contributed by atoms with Crippen LogP contribution in [0, 0.1) is 5.92 Å². The third kappa shape index (κ3) is 72.2. The van der Waals surface area contributed by atoms with Crippen molar-refractivity contribution in [1.82, 2.24) is 0 Å². The second-order valence-electron chi connectivity index (χ2n) is 28.6. The van der Waals surface area contributed by atoms with Crippen molar-refractivity contribution in [2.45, 2.75) is 432 Å². The molecule has 97 heavy (non-hydrogen) atoms. The van der Waals surface area contributed by atoms with Gasteiger partial charge in [0, 0.05) is 25.7 Å². The Morgan fingerprint density at radius 3 is 0.701 bits per heavy atom. The summed E-state index contributed by atoms with van der Waals surface area (Å²) in [7, 11) is -9.91. The molecule has 0 aliphatic carbocycles. The van der Waals surface area contributed by atoms with Crippen LogP contribution < -0.4 is 0 Å². The number of hydrogen-bond acceptors (Lipinski definition) is 15. The smallest absolute Gasteiger partial charge is 0.462 e. The van der Waals surface area contributed by atoms with Crippen LogP contribution in [0.3, 0.4) is 0 Å². The molecule has 0 saturated heterocycles. The van der Waals surface area contributed by atoms with Crippen LogP contribution in [0.1, 0.15) is 413 Å². The van der Waals surface area contributed by atoms with Gasteiger partial charge in [-0.15, -0.1) is 0 Å². The molecule has 0 rings (SSSR count). The molecule has 0 fully saturated rings. The maximum atomic E-state index is 13.1. The average Bonchev–Trinajstić information content (AvgIpc) is 1.26. The third-order valence-corrected chi connectivity index (χ3v) is 20.2. The fourth-order valence-electron chi connectivity index (χ4n) is 12.1. The zero-order valence-corrected chi connectivity index (χ0v) is 65.0. The molecule has 2 unspecified atom stereocenters. The van der Waals surface area contributed by atoms with Crippen molar-refractivity contribution in [3.05, 3.63) is 0 Å². The first-order valence-corrected chi connectivity index (χ1v) is 43.6. The van der Waals surface area contributed by atoms with Crippen LogP contribution in [0.4, 0.5) is 0 Å². The molecular weight excluding hydrogens is 1270 g/mol. The van der Waals surface area contributed by atoms with Gasteiger partial charge in [-0.2, -0.15) is 0 Å². The van der Waals surface area contributed by atoms with E-state index in [0.717, 1.165) is 96.3 Å². The highest BCUT2D eigenvalue weighted by Crippen LogP contribution is 2.45. The summed E-state index contributed by atoms with van der Waals surface area (Å²) in [6.45, 7) is 7.22. The van der Waals surface area contributed by atoms with Crippen LogP contribution in [-0.2, 0) is 65.4 Å². The molecule has 0 aliphatic heterocycles. The first kappa shape index (κ1) is 95.1. The van der Waals surface area contributed by atoms with Crippen molar-refractivity contribution in [2.75, 3.05) is 39.6 Å². The first-order chi connectivity index (χ1) is 47.0. The van der Waals surface area contributed by atoms with Gasteiger partial charge in [-0.25, -0.2) is 9.13 Å². The van der Waals surface area contributed by atoms with Gasteiger partial charge in [-0.1, -0.05) is 362 Å². The van der Waals surface area contributed by atoms with E-state index in [1.807, 2.05) is 0 Å². The van der Waals surface area contributed by atoms with Crippen molar-refractivity contribution in [3.8, 4) is 0 Å². The summed E-state index contributed by atoms with van der Waals surface area (Å²) in [5.41, 5.74) is 0. The molecule has 0 aromatic rings. The molecule has 576 valence electrons. The Kier molecular flexibility index (Phi) is 69.6. The molecule has 0 heterocycles. The van der Waals surface area contributed by atoms with Crippen molar-refractivity contribution >= 4 is 39.5 Å². The number of aliphatic hydroxyl groups is 1. The minimum absolute atomic E-state index is 0.107. The molecule has 0 spiro atoms. The van der Waals surface area contributed by atoms with Gasteiger partial charge in [0.1, 0.15) is 19.3 Å². The Morgan fingerprint density at radius 2 is 0.474 bits per heavy atom. The third-order valence-electron chi connectivity index (χ3n) is 18.3. The minimum atomic E-state index is -4.96. The molecule has 0 aliphatic rings. The van der Waals surface area contributed by atoms with Crippen molar-refractivity contribution in [2.24, 2.45) is 5.92 Å².